The Kier molecular flexibility index (Phi) is 5.52. The van der Waals surface area contributed by atoms with Crippen molar-refractivity contribution in [2.24, 2.45) is 0 Å². The van der Waals surface area contributed by atoms with Crippen LogP contribution in [0.5, 0.6) is 5.75 Å². The fraction of sp³-hybridized carbons (Fsp3) is 0.333. The molecule has 156 valence electrons. The third-order valence-electron chi connectivity index (χ3n) is 5.54. The molecular formula is C24H28N4OS. The summed E-state index contributed by atoms with van der Waals surface area (Å²) in [7, 11) is 1.68. The fourth-order valence-corrected chi connectivity index (χ4v) is 4.18. The molecule has 1 N–H and O–H groups in total. The van der Waals surface area contributed by atoms with Crippen LogP contribution in [0.1, 0.15) is 49.7 Å². The van der Waals surface area contributed by atoms with Gasteiger partial charge in [0.15, 0.2) is 5.11 Å². The van der Waals surface area contributed by atoms with E-state index in [2.05, 4.69) is 77.2 Å². The lowest BCUT2D eigenvalue weighted by Crippen LogP contribution is -2.29. The van der Waals surface area contributed by atoms with Crippen molar-refractivity contribution in [2.75, 3.05) is 7.11 Å². The van der Waals surface area contributed by atoms with Crippen LogP contribution in [0.3, 0.4) is 0 Å². The van der Waals surface area contributed by atoms with Crippen LogP contribution in [-0.4, -0.2) is 26.7 Å². The van der Waals surface area contributed by atoms with E-state index >= 15 is 0 Å². The number of hydrogen-bond acceptors (Lipinski definition) is 3. The van der Waals surface area contributed by atoms with Crippen molar-refractivity contribution < 1.29 is 4.74 Å². The lowest BCUT2D eigenvalue weighted by atomic mass is 9.98. The van der Waals surface area contributed by atoms with Crippen molar-refractivity contribution in [3.05, 3.63) is 83.9 Å². The average molecular weight is 421 g/mol. The number of ether oxygens (including phenoxy) is 1. The van der Waals surface area contributed by atoms with Gasteiger partial charge in [0.2, 0.25) is 0 Å². The summed E-state index contributed by atoms with van der Waals surface area (Å²) in [4.78, 5) is 6.88. The van der Waals surface area contributed by atoms with Gasteiger partial charge in [0, 0.05) is 30.7 Å². The number of methoxy groups -OCH3 is 1. The molecule has 3 heterocycles. The van der Waals surface area contributed by atoms with Crippen molar-refractivity contribution >= 4 is 17.3 Å². The van der Waals surface area contributed by atoms with Crippen molar-refractivity contribution in [3.8, 4) is 5.75 Å². The topological polar surface area (TPSA) is 42.3 Å². The third-order valence-corrected chi connectivity index (χ3v) is 5.89. The second-order valence-electron chi connectivity index (χ2n) is 8.63. The minimum atomic E-state index is -0.00670. The molecule has 1 aromatic carbocycles. The summed E-state index contributed by atoms with van der Waals surface area (Å²) in [5.41, 5.74) is 3.42. The molecule has 1 saturated heterocycles. The first-order chi connectivity index (χ1) is 14.4. The Morgan fingerprint density at radius 2 is 1.87 bits per heavy atom. The Hall–Kier alpha value is -2.86. The number of nitrogens with one attached hydrogen (secondary N) is 1. The molecule has 0 amide bonds. The van der Waals surface area contributed by atoms with Gasteiger partial charge in [-0.3, -0.25) is 4.98 Å². The molecule has 4 rings (SSSR count). The first kappa shape index (κ1) is 20.4. The quantitative estimate of drug-likeness (QED) is 0.600. The number of thiocarbonyl (C=S) groups is 1. The van der Waals surface area contributed by atoms with Gasteiger partial charge in [-0.2, -0.15) is 0 Å². The molecule has 2 aromatic heterocycles. The predicted octanol–water partition coefficient (Wildman–Crippen LogP) is 4.82. The van der Waals surface area contributed by atoms with E-state index < -0.39 is 0 Å². The van der Waals surface area contributed by atoms with Gasteiger partial charge in [0.05, 0.1) is 24.9 Å². The van der Waals surface area contributed by atoms with Crippen LogP contribution < -0.4 is 10.1 Å². The minimum absolute atomic E-state index is 0.00670. The second-order valence-corrected chi connectivity index (χ2v) is 9.01. The third kappa shape index (κ3) is 4.05. The largest absolute Gasteiger partial charge is 0.497 e. The molecule has 3 aromatic rings. The number of benzene rings is 1. The Balaban J connectivity index is 1.71. The van der Waals surface area contributed by atoms with Crippen molar-refractivity contribution in [1.82, 2.24) is 19.8 Å². The molecule has 0 radical (unpaired) electrons. The Morgan fingerprint density at radius 3 is 2.47 bits per heavy atom. The molecule has 1 aliphatic heterocycles. The zero-order chi connectivity index (χ0) is 21.3. The highest BCUT2D eigenvalue weighted by atomic mass is 32.1. The normalized spacial score (nSPS) is 19.1. The van der Waals surface area contributed by atoms with E-state index in [-0.39, 0.29) is 17.6 Å². The number of hydrogen-bond donors (Lipinski definition) is 1. The lowest BCUT2D eigenvalue weighted by molar-refractivity contribution is 0.309. The van der Waals surface area contributed by atoms with E-state index in [9.17, 15) is 0 Å². The number of aromatic nitrogens is 2. The summed E-state index contributed by atoms with van der Waals surface area (Å²) in [6, 6.07) is 16.4. The highest BCUT2D eigenvalue weighted by Gasteiger charge is 2.40. The van der Waals surface area contributed by atoms with Crippen molar-refractivity contribution in [2.45, 2.75) is 44.9 Å². The SMILES string of the molecule is COc1ccc(CN2C(=S)NC(c3ccccn3)C2c2ccn(C(C)(C)C)c2)cc1. The molecule has 0 spiro atoms. The van der Waals surface area contributed by atoms with Crippen LogP contribution in [0.15, 0.2) is 67.1 Å². The first-order valence-corrected chi connectivity index (χ1v) is 10.6. The average Bonchev–Trinajstić information content (AvgIpc) is 3.34. The molecule has 2 atom stereocenters. The van der Waals surface area contributed by atoms with E-state index in [4.69, 9.17) is 17.0 Å². The maximum atomic E-state index is 5.78. The van der Waals surface area contributed by atoms with Gasteiger partial charge in [-0.15, -0.1) is 0 Å². The zero-order valence-electron chi connectivity index (χ0n) is 17.9. The Labute approximate surface area is 183 Å². The summed E-state index contributed by atoms with van der Waals surface area (Å²) in [6.07, 6.45) is 6.22. The molecule has 0 aliphatic carbocycles. The highest BCUT2D eigenvalue weighted by molar-refractivity contribution is 7.80. The van der Waals surface area contributed by atoms with Crippen LogP contribution in [0.2, 0.25) is 0 Å². The summed E-state index contributed by atoms with van der Waals surface area (Å²) in [5.74, 6) is 0.853. The van der Waals surface area contributed by atoms with Gasteiger partial charge in [0.1, 0.15) is 5.75 Å². The monoisotopic (exact) mass is 420 g/mol. The summed E-state index contributed by atoms with van der Waals surface area (Å²) >= 11 is 5.78. The Morgan fingerprint density at radius 1 is 1.10 bits per heavy atom. The smallest absolute Gasteiger partial charge is 0.170 e. The standard InChI is InChI=1S/C24H28N4OS/c1-24(2,3)27-14-12-18(16-27)22-21(20-7-5-6-13-25-20)26-23(30)28(22)15-17-8-10-19(29-4)11-9-17/h5-14,16,21-22H,15H2,1-4H3,(H,26,30). The summed E-state index contributed by atoms with van der Waals surface area (Å²) < 4.78 is 7.55. The van der Waals surface area contributed by atoms with Gasteiger partial charge in [-0.1, -0.05) is 18.2 Å². The van der Waals surface area contributed by atoms with Gasteiger partial charge in [-0.05, 0) is 74.4 Å². The van der Waals surface area contributed by atoms with Gasteiger partial charge >= 0.3 is 0 Å². The maximum absolute atomic E-state index is 5.78. The van der Waals surface area contributed by atoms with Gasteiger partial charge in [-0.25, -0.2) is 0 Å². The Bertz CT molecular complexity index is 1010. The van der Waals surface area contributed by atoms with Crippen molar-refractivity contribution in [1.29, 1.82) is 0 Å². The molecule has 5 nitrogen and oxygen atoms in total. The van der Waals surface area contributed by atoms with Crippen molar-refractivity contribution in [3.63, 3.8) is 0 Å². The summed E-state index contributed by atoms with van der Waals surface area (Å²) in [5, 5.41) is 4.27. The van der Waals surface area contributed by atoms with Crippen LogP contribution in [0.25, 0.3) is 0 Å². The molecule has 6 heteroatoms. The van der Waals surface area contributed by atoms with E-state index in [0.717, 1.165) is 16.6 Å². The second kappa shape index (κ2) is 8.11. The van der Waals surface area contributed by atoms with Crippen LogP contribution in [0, 0.1) is 0 Å². The number of pyridine rings is 1. The predicted molar refractivity (Wildman–Crippen MR) is 123 cm³/mol. The summed E-state index contributed by atoms with van der Waals surface area (Å²) in [6.45, 7) is 7.34. The van der Waals surface area contributed by atoms with Gasteiger partial charge in [0.25, 0.3) is 0 Å². The molecule has 30 heavy (non-hydrogen) atoms. The van der Waals surface area contributed by atoms with Gasteiger partial charge < -0.3 is 19.5 Å². The number of nitrogens with zero attached hydrogens (tertiary/aromatic N) is 3. The molecule has 1 fully saturated rings. The van der Waals surface area contributed by atoms with E-state index in [1.165, 1.54) is 11.1 Å². The fourth-order valence-electron chi connectivity index (χ4n) is 3.87. The highest BCUT2D eigenvalue weighted by Crippen LogP contribution is 2.40. The van der Waals surface area contributed by atoms with Crippen LogP contribution in [0.4, 0.5) is 0 Å². The van der Waals surface area contributed by atoms with E-state index in [0.29, 0.717) is 6.54 Å². The minimum Gasteiger partial charge on any atom is -0.497 e. The molecular weight excluding hydrogens is 392 g/mol. The molecule has 1 aliphatic rings. The number of rotatable bonds is 5. The lowest BCUT2D eigenvalue weighted by Gasteiger charge is -2.28. The van der Waals surface area contributed by atoms with E-state index in [1.54, 1.807) is 7.11 Å². The molecule has 2 unspecified atom stereocenters. The van der Waals surface area contributed by atoms with E-state index in [1.807, 2.05) is 30.5 Å². The van der Waals surface area contributed by atoms with Crippen LogP contribution >= 0.6 is 12.2 Å². The molecule has 0 bridgehead atoms. The molecule has 0 saturated carbocycles. The maximum Gasteiger partial charge on any atom is 0.170 e. The zero-order valence-corrected chi connectivity index (χ0v) is 18.7. The first-order valence-electron chi connectivity index (χ1n) is 10.2. The van der Waals surface area contributed by atoms with Crippen LogP contribution in [-0.2, 0) is 12.1 Å².